The van der Waals surface area contributed by atoms with Crippen LogP contribution in [0.5, 0.6) is 0 Å². The van der Waals surface area contributed by atoms with Gasteiger partial charge in [0, 0.05) is 11.6 Å². The van der Waals surface area contributed by atoms with Crippen molar-refractivity contribution in [1.29, 1.82) is 0 Å². The fourth-order valence-corrected chi connectivity index (χ4v) is 1.30. The second kappa shape index (κ2) is 4.24. The molecule has 0 fully saturated rings. The van der Waals surface area contributed by atoms with Crippen LogP contribution in [-0.4, -0.2) is 6.54 Å². The quantitative estimate of drug-likeness (QED) is 0.808. The smallest absolute Gasteiger partial charge is 0.128 e. The molecule has 1 aromatic carbocycles. The molecule has 1 atom stereocenters. The number of rotatable bonds is 3. The normalized spacial score (nSPS) is 14.0. The molecule has 0 heterocycles. The molecule has 15 heavy (non-hydrogen) atoms. The zero-order valence-electron chi connectivity index (χ0n) is 8.93. The first-order chi connectivity index (χ1) is 6.88. The molecule has 0 spiro atoms. The fraction of sp³-hybridized carbons (Fsp3) is 0.455. The lowest BCUT2D eigenvalue weighted by molar-refractivity contribution is 0.294. The Bertz CT molecular complexity index is 350. The van der Waals surface area contributed by atoms with E-state index >= 15 is 0 Å². The molecule has 2 nitrogen and oxygen atoms in total. The van der Waals surface area contributed by atoms with E-state index in [0.717, 1.165) is 18.2 Å². The molecule has 1 aromatic rings. The minimum atomic E-state index is -0.613. The molecule has 1 unspecified atom stereocenters. The predicted molar refractivity (Wildman–Crippen MR) is 56.1 cm³/mol. The third kappa shape index (κ3) is 2.52. The number of benzene rings is 1. The largest absolute Gasteiger partial charge is 0.330 e. The number of hydrogen-bond donors (Lipinski definition) is 2. The highest BCUT2D eigenvalue weighted by Gasteiger charge is 2.28. The van der Waals surface area contributed by atoms with Crippen molar-refractivity contribution in [2.75, 3.05) is 6.54 Å². The zero-order chi connectivity index (χ0) is 11.6. The van der Waals surface area contributed by atoms with E-state index < -0.39 is 23.1 Å². The van der Waals surface area contributed by atoms with Crippen molar-refractivity contribution in [2.45, 2.75) is 19.9 Å². The van der Waals surface area contributed by atoms with Gasteiger partial charge in [0.25, 0.3) is 0 Å². The first-order valence-corrected chi connectivity index (χ1v) is 4.79. The van der Waals surface area contributed by atoms with Crippen LogP contribution >= 0.6 is 0 Å². The Hall–Kier alpha value is -1.00. The highest BCUT2D eigenvalue weighted by atomic mass is 19.1. The fourth-order valence-electron chi connectivity index (χ4n) is 1.30. The average Bonchev–Trinajstić information content (AvgIpc) is 2.20. The van der Waals surface area contributed by atoms with Gasteiger partial charge in [-0.25, -0.2) is 8.78 Å². The summed E-state index contributed by atoms with van der Waals surface area (Å²) >= 11 is 0. The molecule has 0 amide bonds. The van der Waals surface area contributed by atoms with E-state index in [9.17, 15) is 8.78 Å². The predicted octanol–water partition coefficient (Wildman–Crippen LogP) is 1.95. The maximum atomic E-state index is 13.4. The molecule has 0 aliphatic rings. The summed E-state index contributed by atoms with van der Waals surface area (Å²) in [6, 6.07) is 2.66. The van der Waals surface area contributed by atoms with Gasteiger partial charge in [0.05, 0.1) is 0 Å². The summed E-state index contributed by atoms with van der Waals surface area (Å²) in [7, 11) is 0. The number of hydrogen-bond acceptors (Lipinski definition) is 2. The third-order valence-corrected chi connectivity index (χ3v) is 2.66. The van der Waals surface area contributed by atoms with Gasteiger partial charge in [-0.2, -0.15) is 0 Å². The molecule has 84 valence electrons. The van der Waals surface area contributed by atoms with E-state index in [-0.39, 0.29) is 5.56 Å². The Kier molecular flexibility index (Phi) is 3.42. The molecule has 1 rings (SSSR count). The number of halogens is 2. The van der Waals surface area contributed by atoms with Gasteiger partial charge >= 0.3 is 0 Å². The van der Waals surface area contributed by atoms with E-state index in [2.05, 4.69) is 0 Å². The molecular weight excluding hydrogens is 198 g/mol. The van der Waals surface area contributed by atoms with Gasteiger partial charge in [-0.3, -0.25) is 0 Å². The zero-order valence-corrected chi connectivity index (χ0v) is 8.93. The molecule has 0 saturated carbocycles. The third-order valence-electron chi connectivity index (χ3n) is 2.66. The van der Waals surface area contributed by atoms with Crippen molar-refractivity contribution < 1.29 is 8.78 Å². The van der Waals surface area contributed by atoms with Crippen LogP contribution in [0.3, 0.4) is 0 Å². The van der Waals surface area contributed by atoms with Crippen LogP contribution in [0.25, 0.3) is 0 Å². The van der Waals surface area contributed by atoms with Gasteiger partial charge in [0.15, 0.2) is 0 Å². The van der Waals surface area contributed by atoms with Crippen molar-refractivity contribution in [3.8, 4) is 0 Å². The number of nitrogens with two attached hydrogens (primary N) is 2. The SMILES string of the molecule is CC(C)(CN)C(N)c1cc(F)ccc1F. The second-order valence-corrected chi connectivity index (χ2v) is 4.34. The Morgan fingerprint density at radius 1 is 1.33 bits per heavy atom. The Labute approximate surface area is 88.3 Å². The van der Waals surface area contributed by atoms with Crippen molar-refractivity contribution >= 4 is 0 Å². The van der Waals surface area contributed by atoms with E-state index in [4.69, 9.17) is 11.5 Å². The maximum absolute atomic E-state index is 13.4. The van der Waals surface area contributed by atoms with Crippen LogP contribution in [0, 0.1) is 17.0 Å². The van der Waals surface area contributed by atoms with Crippen LogP contribution in [0.2, 0.25) is 0 Å². The highest BCUT2D eigenvalue weighted by molar-refractivity contribution is 5.23. The van der Waals surface area contributed by atoms with Gasteiger partial charge < -0.3 is 11.5 Å². The lowest BCUT2D eigenvalue weighted by atomic mass is 9.81. The molecule has 0 aliphatic carbocycles. The van der Waals surface area contributed by atoms with Gasteiger partial charge in [-0.15, -0.1) is 0 Å². The summed E-state index contributed by atoms with van der Waals surface area (Å²) in [6.07, 6.45) is 0. The van der Waals surface area contributed by atoms with E-state index in [0.29, 0.717) is 6.54 Å². The van der Waals surface area contributed by atoms with Crippen LogP contribution in [-0.2, 0) is 0 Å². The minimum Gasteiger partial charge on any atom is -0.330 e. The van der Waals surface area contributed by atoms with Crippen molar-refractivity contribution in [2.24, 2.45) is 16.9 Å². The molecular formula is C11H16F2N2. The van der Waals surface area contributed by atoms with Gasteiger partial charge in [0.2, 0.25) is 0 Å². The van der Waals surface area contributed by atoms with Crippen LogP contribution < -0.4 is 11.5 Å². The van der Waals surface area contributed by atoms with E-state index in [1.54, 1.807) is 0 Å². The van der Waals surface area contributed by atoms with Gasteiger partial charge in [-0.05, 0) is 30.2 Å². The summed E-state index contributed by atoms with van der Waals surface area (Å²) in [5.41, 5.74) is 11.1. The molecule has 0 aliphatic heterocycles. The summed E-state index contributed by atoms with van der Waals surface area (Å²) in [4.78, 5) is 0. The minimum absolute atomic E-state index is 0.172. The maximum Gasteiger partial charge on any atom is 0.128 e. The molecule has 0 bridgehead atoms. The van der Waals surface area contributed by atoms with Gasteiger partial charge in [-0.1, -0.05) is 13.8 Å². The Morgan fingerprint density at radius 3 is 2.47 bits per heavy atom. The van der Waals surface area contributed by atoms with Crippen molar-refractivity contribution in [1.82, 2.24) is 0 Å². The van der Waals surface area contributed by atoms with Gasteiger partial charge in [0.1, 0.15) is 11.6 Å². The van der Waals surface area contributed by atoms with Crippen molar-refractivity contribution in [3.63, 3.8) is 0 Å². The molecule has 0 aromatic heterocycles. The average molecular weight is 214 g/mol. The summed E-state index contributed by atoms with van der Waals surface area (Å²) in [5.74, 6) is -0.986. The summed E-state index contributed by atoms with van der Waals surface area (Å²) in [6.45, 7) is 3.95. The van der Waals surface area contributed by atoms with E-state index in [1.807, 2.05) is 13.8 Å². The molecule has 4 heteroatoms. The Balaban J connectivity index is 3.10. The van der Waals surface area contributed by atoms with Crippen LogP contribution in [0.1, 0.15) is 25.5 Å². The van der Waals surface area contributed by atoms with Crippen LogP contribution in [0.4, 0.5) is 8.78 Å². The lowest BCUT2D eigenvalue weighted by Crippen LogP contribution is -2.36. The highest BCUT2D eigenvalue weighted by Crippen LogP contribution is 2.31. The van der Waals surface area contributed by atoms with Crippen LogP contribution in [0.15, 0.2) is 18.2 Å². The molecule has 0 saturated heterocycles. The van der Waals surface area contributed by atoms with E-state index in [1.165, 1.54) is 0 Å². The first kappa shape index (κ1) is 12.1. The van der Waals surface area contributed by atoms with Crippen molar-refractivity contribution in [3.05, 3.63) is 35.4 Å². The topological polar surface area (TPSA) is 52.0 Å². The molecule has 0 radical (unpaired) electrons. The molecule has 4 N–H and O–H groups in total. The lowest BCUT2D eigenvalue weighted by Gasteiger charge is -2.30. The first-order valence-electron chi connectivity index (χ1n) is 4.79. The summed E-state index contributed by atoms with van der Waals surface area (Å²) in [5, 5.41) is 0. The second-order valence-electron chi connectivity index (χ2n) is 4.34. The standard InChI is InChI=1S/C11H16F2N2/c1-11(2,6-14)10(15)8-5-7(12)3-4-9(8)13/h3-5,10H,6,14-15H2,1-2H3. The monoisotopic (exact) mass is 214 g/mol. The Morgan fingerprint density at radius 2 is 1.93 bits per heavy atom. The summed E-state index contributed by atoms with van der Waals surface area (Å²) < 4.78 is 26.3.